The van der Waals surface area contributed by atoms with Gasteiger partial charge in [0.15, 0.2) is 6.61 Å². The minimum atomic E-state index is -4.43. The van der Waals surface area contributed by atoms with E-state index >= 15 is 0 Å². The van der Waals surface area contributed by atoms with E-state index in [1.807, 2.05) is 26.8 Å². The fourth-order valence-electron chi connectivity index (χ4n) is 2.55. The fraction of sp³-hybridized carbons (Fsp3) is 0.263. The molecule has 0 spiro atoms. The predicted octanol–water partition coefficient (Wildman–Crippen LogP) is 5.26. The topological polar surface area (TPSA) is 48.2 Å². The lowest BCUT2D eigenvalue weighted by Gasteiger charge is -2.10. The van der Waals surface area contributed by atoms with Gasteiger partial charge in [-0.3, -0.25) is 0 Å². The minimum Gasteiger partial charge on any atom is -0.485 e. The van der Waals surface area contributed by atoms with Crippen molar-refractivity contribution in [3.05, 3.63) is 64.5 Å². The molecule has 3 aromatic rings. The highest BCUT2D eigenvalue weighted by Crippen LogP contribution is 2.31. The zero-order valence-corrected chi connectivity index (χ0v) is 14.5. The van der Waals surface area contributed by atoms with Crippen molar-refractivity contribution in [1.82, 2.24) is 10.1 Å². The van der Waals surface area contributed by atoms with Crippen molar-refractivity contribution in [2.24, 2.45) is 0 Å². The fourth-order valence-corrected chi connectivity index (χ4v) is 2.55. The molecule has 2 aromatic carbocycles. The summed E-state index contributed by atoms with van der Waals surface area (Å²) in [6.07, 6.45) is -4.43. The number of aryl methyl sites for hydroxylation is 2. The Balaban J connectivity index is 1.77. The number of benzene rings is 2. The van der Waals surface area contributed by atoms with Gasteiger partial charge in [-0.15, -0.1) is 0 Å². The largest absolute Gasteiger partial charge is 0.485 e. The van der Waals surface area contributed by atoms with E-state index in [9.17, 15) is 13.2 Å². The molecule has 0 fully saturated rings. The van der Waals surface area contributed by atoms with Crippen LogP contribution in [0.4, 0.5) is 13.2 Å². The summed E-state index contributed by atoms with van der Waals surface area (Å²) in [7, 11) is 0. The van der Waals surface area contributed by atoms with Gasteiger partial charge in [0.1, 0.15) is 5.75 Å². The Morgan fingerprint density at radius 3 is 2.58 bits per heavy atom. The summed E-state index contributed by atoms with van der Waals surface area (Å²) >= 11 is 0. The maximum absolute atomic E-state index is 12.8. The van der Waals surface area contributed by atoms with E-state index in [0.29, 0.717) is 5.75 Å². The summed E-state index contributed by atoms with van der Waals surface area (Å²) in [5.74, 6) is 0.996. The second-order valence-corrected chi connectivity index (χ2v) is 6.09. The van der Waals surface area contributed by atoms with Crippen LogP contribution < -0.4 is 4.74 Å². The van der Waals surface area contributed by atoms with E-state index in [4.69, 9.17) is 9.26 Å². The molecule has 3 rings (SSSR count). The summed E-state index contributed by atoms with van der Waals surface area (Å²) in [6, 6.07) is 8.73. The van der Waals surface area contributed by atoms with Gasteiger partial charge in [0.25, 0.3) is 5.89 Å². The second-order valence-electron chi connectivity index (χ2n) is 6.09. The summed E-state index contributed by atoms with van der Waals surface area (Å²) in [5, 5.41) is 3.78. The van der Waals surface area contributed by atoms with Crippen LogP contribution in [-0.2, 0) is 12.8 Å². The number of aromatic nitrogens is 2. The highest BCUT2D eigenvalue weighted by atomic mass is 19.4. The Morgan fingerprint density at radius 1 is 1.08 bits per heavy atom. The van der Waals surface area contributed by atoms with E-state index in [1.165, 1.54) is 12.1 Å². The lowest BCUT2D eigenvalue weighted by molar-refractivity contribution is -0.137. The molecule has 0 aliphatic carbocycles. The third-order valence-corrected chi connectivity index (χ3v) is 4.03. The highest BCUT2D eigenvalue weighted by molar-refractivity contribution is 5.54. The number of halogens is 3. The predicted molar refractivity (Wildman–Crippen MR) is 89.7 cm³/mol. The van der Waals surface area contributed by atoms with Crippen LogP contribution in [0.2, 0.25) is 0 Å². The van der Waals surface area contributed by atoms with Gasteiger partial charge < -0.3 is 9.26 Å². The van der Waals surface area contributed by atoms with Crippen molar-refractivity contribution in [3.8, 4) is 17.2 Å². The zero-order valence-electron chi connectivity index (χ0n) is 14.5. The van der Waals surface area contributed by atoms with E-state index < -0.39 is 11.7 Å². The minimum absolute atomic E-state index is 0.0202. The molecule has 0 saturated heterocycles. The zero-order chi connectivity index (χ0) is 18.9. The van der Waals surface area contributed by atoms with Crippen LogP contribution in [0.5, 0.6) is 5.75 Å². The third-order valence-electron chi connectivity index (χ3n) is 4.03. The Bertz CT molecular complexity index is 933. The third kappa shape index (κ3) is 3.87. The van der Waals surface area contributed by atoms with Crippen molar-refractivity contribution in [2.75, 3.05) is 0 Å². The molecule has 4 nitrogen and oxygen atoms in total. The molecule has 1 heterocycles. The molecule has 0 bridgehead atoms. The van der Waals surface area contributed by atoms with E-state index in [0.717, 1.165) is 28.8 Å². The molecule has 0 radical (unpaired) electrons. The summed E-state index contributed by atoms with van der Waals surface area (Å²) in [5.41, 5.74) is 2.63. The van der Waals surface area contributed by atoms with Gasteiger partial charge in [0.2, 0.25) is 5.82 Å². The van der Waals surface area contributed by atoms with Crippen molar-refractivity contribution < 1.29 is 22.4 Å². The van der Waals surface area contributed by atoms with Gasteiger partial charge in [-0.25, -0.2) is 0 Å². The van der Waals surface area contributed by atoms with Crippen LogP contribution in [0.15, 0.2) is 40.9 Å². The quantitative estimate of drug-likeness (QED) is 0.635. The smallest absolute Gasteiger partial charge is 0.416 e. The molecule has 0 aliphatic heterocycles. The van der Waals surface area contributed by atoms with Crippen LogP contribution in [0.25, 0.3) is 11.5 Å². The molecule has 26 heavy (non-hydrogen) atoms. The maximum Gasteiger partial charge on any atom is 0.416 e. The maximum atomic E-state index is 12.8. The second kappa shape index (κ2) is 6.82. The molecular formula is C19H17F3N2O2. The average Bonchev–Trinajstić information content (AvgIpc) is 3.05. The van der Waals surface area contributed by atoms with Crippen molar-refractivity contribution >= 4 is 0 Å². The first-order valence-corrected chi connectivity index (χ1v) is 7.95. The molecule has 1 aromatic heterocycles. The van der Waals surface area contributed by atoms with Crippen LogP contribution >= 0.6 is 0 Å². The van der Waals surface area contributed by atoms with E-state index in [1.54, 1.807) is 0 Å². The monoisotopic (exact) mass is 362 g/mol. The first-order valence-electron chi connectivity index (χ1n) is 7.95. The van der Waals surface area contributed by atoms with Gasteiger partial charge in [0, 0.05) is 5.56 Å². The number of ether oxygens (including phenoxy) is 1. The van der Waals surface area contributed by atoms with Crippen LogP contribution in [0.3, 0.4) is 0 Å². The van der Waals surface area contributed by atoms with E-state index in [-0.39, 0.29) is 23.9 Å². The number of hydrogen-bond acceptors (Lipinski definition) is 4. The van der Waals surface area contributed by atoms with Crippen LogP contribution in [0, 0.1) is 20.8 Å². The summed E-state index contributed by atoms with van der Waals surface area (Å²) in [4.78, 5) is 4.12. The Hall–Kier alpha value is -2.83. The SMILES string of the molecule is Cc1cc(C)c(C)c(OCc2noc(-c3cccc(C(F)(F)F)c3)n2)c1. The van der Waals surface area contributed by atoms with Crippen molar-refractivity contribution in [3.63, 3.8) is 0 Å². The van der Waals surface area contributed by atoms with Gasteiger partial charge in [-0.2, -0.15) is 18.2 Å². The number of alkyl halides is 3. The molecule has 0 saturated carbocycles. The van der Waals surface area contributed by atoms with Gasteiger partial charge >= 0.3 is 6.18 Å². The van der Waals surface area contributed by atoms with Crippen molar-refractivity contribution in [1.29, 1.82) is 0 Å². The number of nitrogens with zero attached hydrogens (tertiary/aromatic N) is 2. The molecule has 136 valence electrons. The first kappa shape index (κ1) is 18.0. The molecule has 7 heteroatoms. The summed E-state index contributed by atoms with van der Waals surface area (Å²) < 4.78 is 49.3. The average molecular weight is 362 g/mol. The molecule has 0 N–H and O–H groups in total. The molecule has 0 atom stereocenters. The molecular weight excluding hydrogens is 345 g/mol. The highest BCUT2D eigenvalue weighted by Gasteiger charge is 2.30. The standard InChI is InChI=1S/C19H17F3N2O2/c1-11-7-12(2)13(3)16(8-11)25-10-17-23-18(26-24-17)14-5-4-6-15(9-14)19(20,21)22/h4-9H,10H2,1-3H3. The molecule has 0 unspecified atom stereocenters. The number of rotatable bonds is 4. The van der Waals surface area contributed by atoms with E-state index in [2.05, 4.69) is 16.2 Å². The van der Waals surface area contributed by atoms with Gasteiger partial charge in [-0.05, 0) is 61.7 Å². The lowest BCUT2D eigenvalue weighted by Crippen LogP contribution is -2.04. The normalized spacial score (nSPS) is 11.6. The van der Waals surface area contributed by atoms with Gasteiger partial charge in [-0.1, -0.05) is 17.3 Å². The Morgan fingerprint density at radius 2 is 1.85 bits per heavy atom. The van der Waals surface area contributed by atoms with Crippen LogP contribution in [0.1, 0.15) is 28.1 Å². The van der Waals surface area contributed by atoms with Crippen LogP contribution in [-0.4, -0.2) is 10.1 Å². The Labute approximate surface area is 148 Å². The van der Waals surface area contributed by atoms with Gasteiger partial charge in [0.05, 0.1) is 5.56 Å². The Kier molecular flexibility index (Phi) is 4.71. The van der Waals surface area contributed by atoms with Crippen molar-refractivity contribution in [2.45, 2.75) is 33.6 Å². The first-order chi connectivity index (χ1) is 12.2. The molecule has 0 aliphatic rings. The number of hydrogen-bond donors (Lipinski definition) is 0. The lowest BCUT2D eigenvalue weighted by atomic mass is 10.1. The summed E-state index contributed by atoms with van der Waals surface area (Å²) in [6.45, 7) is 5.98. The molecule has 0 amide bonds.